The predicted octanol–water partition coefficient (Wildman–Crippen LogP) is 0.383. The van der Waals surface area contributed by atoms with Gasteiger partial charge < -0.3 is 19.3 Å². The molecule has 166 valence electrons. The molecule has 0 aliphatic carbocycles. The Labute approximate surface area is 177 Å². The smallest absolute Gasteiger partial charge is 0.254 e. The van der Waals surface area contributed by atoms with Gasteiger partial charge in [-0.2, -0.15) is 0 Å². The van der Waals surface area contributed by atoms with Crippen molar-refractivity contribution in [3.05, 3.63) is 29.3 Å². The SMILES string of the molecule is COCCNS(=O)(=O)c1ccc(C)c(C(=O)N2CCN(C(=O)C3CCCO3)CC2)c1. The largest absolute Gasteiger partial charge is 0.383 e. The summed E-state index contributed by atoms with van der Waals surface area (Å²) in [6.07, 6.45) is 1.28. The number of sulfonamides is 1. The monoisotopic (exact) mass is 439 g/mol. The molecule has 2 aliphatic rings. The molecule has 10 heteroatoms. The fourth-order valence-corrected chi connectivity index (χ4v) is 4.68. The molecule has 0 radical (unpaired) electrons. The Morgan fingerprint density at radius 2 is 1.90 bits per heavy atom. The molecule has 2 heterocycles. The molecule has 0 bridgehead atoms. The fraction of sp³-hybridized carbons (Fsp3) is 0.600. The molecule has 2 fully saturated rings. The lowest BCUT2D eigenvalue weighted by molar-refractivity contribution is -0.142. The van der Waals surface area contributed by atoms with E-state index in [0.29, 0.717) is 43.9 Å². The number of rotatable bonds is 7. The Morgan fingerprint density at radius 3 is 2.53 bits per heavy atom. The molecule has 2 saturated heterocycles. The minimum atomic E-state index is -3.73. The summed E-state index contributed by atoms with van der Waals surface area (Å²) < 4.78 is 37.7. The molecular weight excluding hydrogens is 410 g/mol. The highest BCUT2D eigenvalue weighted by Gasteiger charge is 2.32. The number of ether oxygens (including phenoxy) is 2. The van der Waals surface area contributed by atoms with Crippen molar-refractivity contribution >= 4 is 21.8 Å². The Morgan fingerprint density at radius 1 is 1.20 bits per heavy atom. The zero-order valence-electron chi connectivity index (χ0n) is 17.4. The summed E-state index contributed by atoms with van der Waals surface area (Å²) in [6, 6.07) is 4.53. The second-order valence-electron chi connectivity index (χ2n) is 7.49. The van der Waals surface area contributed by atoms with Gasteiger partial charge in [-0.1, -0.05) is 6.07 Å². The zero-order chi connectivity index (χ0) is 21.7. The Balaban J connectivity index is 1.66. The second-order valence-corrected chi connectivity index (χ2v) is 9.25. The van der Waals surface area contributed by atoms with Crippen LogP contribution in [0.2, 0.25) is 0 Å². The average molecular weight is 440 g/mol. The summed E-state index contributed by atoms with van der Waals surface area (Å²) in [7, 11) is -2.24. The molecular formula is C20H29N3O6S. The van der Waals surface area contributed by atoms with Crippen molar-refractivity contribution in [2.45, 2.75) is 30.8 Å². The highest BCUT2D eigenvalue weighted by atomic mass is 32.2. The molecule has 0 saturated carbocycles. The summed E-state index contributed by atoms with van der Waals surface area (Å²) in [4.78, 5) is 29.0. The molecule has 1 N–H and O–H groups in total. The van der Waals surface area contributed by atoms with Crippen LogP contribution in [-0.4, -0.2) is 89.2 Å². The molecule has 2 aliphatic heterocycles. The van der Waals surface area contributed by atoms with Crippen LogP contribution in [-0.2, 0) is 24.3 Å². The standard InChI is InChI=1S/C20H29N3O6S/c1-15-5-6-16(30(26,27)21-7-13-28-2)14-17(15)19(24)22-8-10-23(11-9-22)20(25)18-4-3-12-29-18/h5-6,14,18,21H,3-4,7-13H2,1-2H3. The quantitative estimate of drug-likeness (QED) is 0.616. The molecule has 1 aromatic rings. The lowest BCUT2D eigenvalue weighted by Gasteiger charge is -2.36. The van der Waals surface area contributed by atoms with Crippen LogP contribution in [0.3, 0.4) is 0 Å². The number of amides is 2. The highest BCUT2D eigenvalue weighted by molar-refractivity contribution is 7.89. The van der Waals surface area contributed by atoms with Crippen molar-refractivity contribution in [2.24, 2.45) is 0 Å². The van der Waals surface area contributed by atoms with Crippen molar-refractivity contribution in [3.63, 3.8) is 0 Å². The summed E-state index contributed by atoms with van der Waals surface area (Å²) >= 11 is 0. The molecule has 1 unspecified atom stereocenters. The van der Waals surface area contributed by atoms with Gasteiger partial charge in [-0.05, 0) is 37.5 Å². The van der Waals surface area contributed by atoms with Gasteiger partial charge in [-0.25, -0.2) is 13.1 Å². The zero-order valence-corrected chi connectivity index (χ0v) is 18.2. The van der Waals surface area contributed by atoms with Crippen LogP contribution in [0.15, 0.2) is 23.1 Å². The number of aryl methyl sites for hydroxylation is 1. The van der Waals surface area contributed by atoms with E-state index in [4.69, 9.17) is 9.47 Å². The first-order valence-corrected chi connectivity index (χ1v) is 11.6. The summed E-state index contributed by atoms with van der Waals surface area (Å²) in [5.41, 5.74) is 1.05. The lowest BCUT2D eigenvalue weighted by Crippen LogP contribution is -2.52. The first-order valence-electron chi connectivity index (χ1n) is 10.1. The van der Waals surface area contributed by atoms with Gasteiger partial charge in [0.25, 0.3) is 11.8 Å². The minimum absolute atomic E-state index is 0.00833. The molecule has 2 amide bonds. The number of piperazine rings is 1. The van der Waals surface area contributed by atoms with Crippen LogP contribution in [0.4, 0.5) is 0 Å². The number of hydrogen-bond donors (Lipinski definition) is 1. The van der Waals surface area contributed by atoms with Gasteiger partial charge in [0.15, 0.2) is 0 Å². The number of nitrogens with one attached hydrogen (secondary N) is 1. The maximum Gasteiger partial charge on any atom is 0.254 e. The fourth-order valence-electron chi connectivity index (χ4n) is 3.64. The first-order chi connectivity index (χ1) is 14.3. The molecule has 0 aromatic heterocycles. The van der Waals surface area contributed by atoms with Crippen LogP contribution >= 0.6 is 0 Å². The van der Waals surface area contributed by atoms with Gasteiger partial charge in [-0.3, -0.25) is 9.59 Å². The summed E-state index contributed by atoms with van der Waals surface area (Å²) in [5, 5.41) is 0. The normalized spacial score (nSPS) is 19.9. The minimum Gasteiger partial charge on any atom is -0.383 e. The van der Waals surface area contributed by atoms with Crippen molar-refractivity contribution in [2.75, 3.05) is 53.0 Å². The molecule has 0 spiro atoms. The third-order valence-corrected chi connectivity index (χ3v) is 6.89. The maximum absolute atomic E-state index is 13.1. The van der Waals surface area contributed by atoms with E-state index < -0.39 is 10.0 Å². The van der Waals surface area contributed by atoms with Gasteiger partial charge in [-0.15, -0.1) is 0 Å². The van der Waals surface area contributed by atoms with Crippen molar-refractivity contribution < 1.29 is 27.5 Å². The van der Waals surface area contributed by atoms with Crippen LogP contribution in [0.5, 0.6) is 0 Å². The van der Waals surface area contributed by atoms with E-state index in [9.17, 15) is 18.0 Å². The van der Waals surface area contributed by atoms with Gasteiger partial charge in [0, 0.05) is 52.0 Å². The third-order valence-electron chi connectivity index (χ3n) is 5.43. The van der Waals surface area contributed by atoms with Crippen molar-refractivity contribution in [1.82, 2.24) is 14.5 Å². The van der Waals surface area contributed by atoms with E-state index in [2.05, 4.69) is 4.72 Å². The van der Waals surface area contributed by atoms with Crippen molar-refractivity contribution in [1.29, 1.82) is 0 Å². The number of methoxy groups -OCH3 is 1. The molecule has 1 aromatic carbocycles. The van der Waals surface area contributed by atoms with E-state index in [1.54, 1.807) is 22.8 Å². The molecule has 3 rings (SSSR count). The molecule has 1 atom stereocenters. The van der Waals surface area contributed by atoms with Crippen LogP contribution in [0.1, 0.15) is 28.8 Å². The molecule has 30 heavy (non-hydrogen) atoms. The van der Waals surface area contributed by atoms with Crippen LogP contribution in [0, 0.1) is 6.92 Å². The third kappa shape index (κ3) is 5.18. The first kappa shape index (κ1) is 22.7. The summed E-state index contributed by atoms with van der Waals surface area (Å²) in [5.74, 6) is -0.239. The van der Waals surface area contributed by atoms with Gasteiger partial charge in [0.05, 0.1) is 11.5 Å². The van der Waals surface area contributed by atoms with E-state index in [1.165, 1.54) is 19.2 Å². The maximum atomic E-state index is 13.1. The topological polar surface area (TPSA) is 105 Å². The number of carbonyl (C=O) groups excluding carboxylic acids is 2. The van der Waals surface area contributed by atoms with Gasteiger partial charge in [0.2, 0.25) is 10.0 Å². The number of carbonyl (C=O) groups is 2. The Bertz CT molecular complexity index is 875. The van der Waals surface area contributed by atoms with Gasteiger partial charge in [0.1, 0.15) is 6.10 Å². The number of nitrogens with zero attached hydrogens (tertiary/aromatic N) is 2. The Hall–Kier alpha value is -2.01. The highest BCUT2D eigenvalue weighted by Crippen LogP contribution is 2.20. The van der Waals surface area contributed by atoms with E-state index in [1.807, 2.05) is 0 Å². The lowest BCUT2D eigenvalue weighted by atomic mass is 10.1. The number of hydrogen-bond acceptors (Lipinski definition) is 6. The van der Waals surface area contributed by atoms with E-state index >= 15 is 0 Å². The van der Waals surface area contributed by atoms with Crippen LogP contribution in [0.25, 0.3) is 0 Å². The average Bonchev–Trinajstić information content (AvgIpc) is 3.28. The van der Waals surface area contributed by atoms with Gasteiger partial charge >= 0.3 is 0 Å². The summed E-state index contributed by atoms with van der Waals surface area (Å²) in [6.45, 7) is 4.50. The Kier molecular flexibility index (Phi) is 7.45. The van der Waals surface area contributed by atoms with E-state index in [-0.39, 0.29) is 36.0 Å². The predicted molar refractivity (Wildman–Crippen MR) is 110 cm³/mol. The van der Waals surface area contributed by atoms with Crippen molar-refractivity contribution in [3.8, 4) is 0 Å². The number of benzene rings is 1. The van der Waals surface area contributed by atoms with E-state index in [0.717, 1.165) is 12.8 Å². The van der Waals surface area contributed by atoms with Crippen LogP contribution < -0.4 is 4.72 Å². The molecule has 9 nitrogen and oxygen atoms in total. The second kappa shape index (κ2) is 9.86.